The number of aromatic nitrogens is 3. The van der Waals surface area contributed by atoms with E-state index in [1.807, 2.05) is 60.0 Å². The summed E-state index contributed by atoms with van der Waals surface area (Å²) in [5.41, 5.74) is 3.08. The van der Waals surface area contributed by atoms with E-state index >= 15 is 0 Å². The molecule has 24 heavy (non-hydrogen) atoms. The van der Waals surface area contributed by atoms with Crippen molar-refractivity contribution in [1.29, 1.82) is 0 Å². The molecule has 0 spiro atoms. The van der Waals surface area contributed by atoms with Gasteiger partial charge in [-0.3, -0.25) is 9.36 Å². The van der Waals surface area contributed by atoms with Gasteiger partial charge >= 0.3 is 5.97 Å². The number of hydrogen-bond acceptors (Lipinski definition) is 5. The van der Waals surface area contributed by atoms with Gasteiger partial charge in [-0.1, -0.05) is 54.2 Å². The molecule has 0 aliphatic carbocycles. The number of methoxy groups -OCH3 is 1. The topological polar surface area (TPSA) is 57.0 Å². The second kappa shape index (κ2) is 7.31. The van der Waals surface area contributed by atoms with Crippen LogP contribution in [0.2, 0.25) is 0 Å². The summed E-state index contributed by atoms with van der Waals surface area (Å²) < 4.78 is 6.68. The standard InChI is InChI=1S/C18H17N3O2S/c1-13-7-6-10-15(11-13)21-17(14-8-4-3-5-9-14)19-20-18(21)24-12-16(22)23-2/h3-11H,12H2,1-2H3. The van der Waals surface area contributed by atoms with E-state index in [1.165, 1.54) is 18.9 Å². The van der Waals surface area contributed by atoms with Gasteiger partial charge in [0.2, 0.25) is 0 Å². The summed E-state index contributed by atoms with van der Waals surface area (Å²) in [4.78, 5) is 11.5. The largest absolute Gasteiger partial charge is 0.468 e. The first kappa shape index (κ1) is 16.3. The zero-order chi connectivity index (χ0) is 16.9. The predicted molar refractivity (Wildman–Crippen MR) is 94.3 cm³/mol. The van der Waals surface area contributed by atoms with E-state index in [0.29, 0.717) is 5.16 Å². The van der Waals surface area contributed by atoms with Crippen LogP contribution in [0.3, 0.4) is 0 Å². The first-order chi connectivity index (χ1) is 11.7. The van der Waals surface area contributed by atoms with Crippen LogP contribution in [-0.2, 0) is 9.53 Å². The Kier molecular flexibility index (Phi) is 4.96. The lowest BCUT2D eigenvalue weighted by Gasteiger charge is -2.10. The lowest BCUT2D eigenvalue weighted by molar-refractivity contribution is -0.137. The van der Waals surface area contributed by atoms with Gasteiger partial charge in [0.1, 0.15) is 0 Å². The van der Waals surface area contributed by atoms with Crippen LogP contribution in [0, 0.1) is 6.92 Å². The van der Waals surface area contributed by atoms with Crippen LogP contribution in [0.15, 0.2) is 59.8 Å². The molecule has 0 unspecified atom stereocenters. The highest BCUT2D eigenvalue weighted by molar-refractivity contribution is 7.99. The number of carbonyl (C=O) groups is 1. The first-order valence-electron chi connectivity index (χ1n) is 7.46. The molecular weight excluding hydrogens is 322 g/mol. The number of thioether (sulfide) groups is 1. The number of ether oxygens (including phenoxy) is 1. The summed E-state index contributed by atoms with van der Waals surface area (Å²) in [5, 5.41) is 9.27. The molecule has 0 radical (unpaired) electrons. The van der Waals surface area contributed by atoms with Crippen molar-refractivity contribution in [2.45, 2.75) is 12.1 Å². The number of aryl methyl sites for hydroxylation is 1. The molecule has 3 aromatic rings. The Bertz CT molecular complexity index is 846. The van der Waals surface area contributed by atoms with E-state index in [4.69, 9.17) is 4.74 Å². The Hall–Kier alpha value is -2.60. The molecule has 0 aliphatic heterocycles. The lowest BCUT2D eigenvalue weighted by atomic mass is 10.2. The molecule has 0 fully saturated rings. The van der Waals surface area contributed by atoms with E-state index in [1.54, 1.807) is 0 Å². The second-order valence-corrected chi connectivity index (χ2v) is 6.15. The summed E-state index contributed by atoms with van der Waals surface area (Å²) >= 11 is 1.31. The van der Waals surface area contributed by atoms with Gasteiger partial charge in [0.15, 0.2) is 11.0 Å². The minimum absolute atomic E-state index is 0.190. The molecule has 3 rings (SSSR count). The Labute approximate surface area is 144 Å². The smallest absolute Gasteiger partial charge is 0.316 e. The van der Waals surface area contributed by atoms with Crippen molar-refractivity contribution in [3.8, 4) is 17.1 Å². The maximum Gasteiger partial charge on any atom is 0.316 e. The zero-order valence-electron chi connectivity index (χ0n) is 13.5. The fraction of sp³-hybridized carbons (Fsp3) is 0.167. The van der Waals surface area contributed by atoms with Crippen LogP contribution in [0.1, 0.15) is 5.56 Å². The molecule has 6 heteroatoms. The third kappa shape index (κ3) is 3.49. The van der Waals surface area contributed by atoms with Crippen molar-refractivity contribution in [3.63, 3.8) is 0 Å². The molecule has 0 saturated carbocycles. The maximum atomic E-state index is 11.5. The van der Waals surface area contributed by atoms with E-state index in [-0.39, 0.29) is 11.7 Å². The highest BCUT2D eigenvalue weighted by Gasteiger charge is 2.17. The van der Waals surface area contributed by atoms with Crippen LogP contribution >= 0.6 is 11.8 Å². The van der Waals surface area contributed by atoms with Crippen molar-refractivity contribution in [3.05, 3.63) is 60.2 Å². The normalized spacial score (nSPS) is 10.6. The molecular formula is C18H17N3O2S. The quantitative estimate of drug-likeness (QED) is 0.526. The molecule has 0 saturated heterocycles. The van der Waals surface area contributed by atoms with Crippen molar-refractivity contribution in [2.24, 2.45) is 0 Å². The summed E-state index contributed by atoms with van der Waals surface area (Å²) in [7, 11) is 1.38. The highest BCUT2D eigenvalue weighted by atomic mass is 32.2. The van der Waals surface area contributed by atoms with Gasteiger partial charge in [0.25, 0.3) is 0 Å². The number of rotatable bonds is 5. The van der Waals surface area contributed by atoms with E-state index in [0.717, 1.165) is 22.6 Å². The molecule has 0 N–H and O–H groups in total. The SMILES string of the molecule is COC(=O)CSc1nnc(-c2ccccc2)n1-c1cccc(C)c1. The van der Waals surface area contributed by atoms with Gasteiger partial charge in [-0.15, -0.1) is 10.2 Å². The summed E-state index contributed by atoms with van der Waals surface area (Å²) in [6.07, 6.45) is 0. The molecule has 0 aliphatic rings. The summed E-state index contributed by atoms with van der Waals surface area (Å²) in [6.45, 7) is 2.04. The minimum atomic E-state index is -0.292. The average molecular weight is 339 g/mol. The Morgan fingerprint density at radius 2 is 1.92 bits per heavy atom. The molecule has 1 heterocycles. The monoisotopic (exact) mass is 339 g/mol. The van der Waals surface area contributed by atoms with Crippen LogP contribution in [0.4, 0.5) is 0 Å². The fourth-order valence-electron chi connectivity index (χ4n) is 2.32. The average Bonchev–Trinajstić information content (AvgIpc) is 3.04. The van der Waals surface area contributed by atoms with Gasteiger partial charge in [0.05, 0.1) is 12.9 Å². The summed E-state index contributed by atoms with van der Waals surface area (Å²) in [6, 6.07) is 18.0. The van der Waals surface area contributed by atoms with Crippen LogP contribution in [-0.4, -0.2) is 33.6 Å². The van der Waals surface area contributed by atoms with Gasteiger partial charge < -0.3 is 4.74 Å². The number of nitrogens with zero attached hydrogens (tertiary/aromatic N) is 3. The van der Waals surface area contributed by atoms with Gasteiger partial charge in [-0.2, -0.15) is 0 Å². The molecule has 1 aromatic heterocycles. The number of esters is 1. The van der Waals surface area contributed by atoms with E-state index < -0.39 is 0 Å². The molecule has 0 bridgehead atoms. The highest BCUT2D eigenvalue weighted by Crippen LogP contribution is 2.28. The van der Waals surface area contributed by atoms with Gasteiger partial charge in [-0.25, -0.2) is 0 Å². The van der Waals surface area contributed by atoms with Crippen molar-refractivity contribution < 1.29 is 9.53 Å². The third-order valence-corrected chi connectivity index (χ3v) is 4.37. The number of benzene rings is 2. The second-order valence-electron chi connectivity index (χ2n) is 5.21. The van der Waals surface area contributed by atoms with Crippen LogP contribution < -0.4 is 0 Å². The third-order valence-electron chi connectivity index (χ3n) is 3.47. The van der Waals surface area contributed by atoms with Crippen LogP contribution in [0.5, 0.6) is 0 Å². The van der Waals surface area contributed by atoms with Crippen molar-refractivity contribution in [2.75, 3.05) is 12.9 Å². The Morgan fingerprint density at radius 3 is 2.62 bits per heavy atom. The van der Waals surface area contributed by atoms with Gasteiger partial charge in [0, 0.05) is 11.3 Å². The minimum Gasteiger partial charge on any atom is -0.468 e. The van der Waals surface area contributed by atoms with Crippen LogP contribution in [0.25, 0.3) is 17.1 Å². The Morgan fingerprint density at radius 1 is 1.12 bits per heavy atom. The molecule has 122 valence electrons. The number of hydrogen-bond donors (Lipinski definition) is 0. The fourth-order valence-corrected chi connectivity index (χ4v) is 3.10. The van der Waals surface area contributed by atoms with E-state index in [9.17, 15) is 4.79 Å². The van der Waals surface area contributed by atoms with E-state index in [2.05, 4.69) is 16.3 Å². The Balaban J connectivity index is 2.07. The van der Waals surface area contributed by atoms with Gasteiger partial charge in [-0.05, 0) is 24.6 Å². The molecule has 5 nitrogen and oxygen atoms in total. The number of carbonyl (C=O) groups excluding carboxylic acids is 1. The molecule has 0 amide bonds. The summed E-state index contributed by atoms with van der Waals surface area (Å²) in [5.74, 6) is 0.642. The lowest BCUT2D eigenvalue weighted by Crippen LogP contribution is -2.05. The molecule has 0 atom stereocenters. The predicted octanol–water partition coefficient (Wildman–Crippen LogP) is 3.51. The van der Waals surface area contributed by atoms with Crippen molar-refractivity contribution in [1.82, 2.24) is 14.8 Å². The van der Waals surface area contributed by atoms with Crippen molar-refractivity contribution >= 4 is 17.7 Å². The zero-order valence-corrected chi connectivity index (χ0v) is 14.3. The first-order valence-corrected chi connectivity index (χ1v) is 8.45. The molecule has 2 aromatic carbocycles. The maximum absolute atomic E-state index is 11.5.